The second kappa shape index (κ2) is 7.88. The lowest BCUT2D eigenvalue weighted by Gasteiger charge is -2.21. The van der Waals surface area contributed by atoms with Crippen LogP contribution in [0.25, 0.3) is 0 Å². The standard InChI is InChI=1S/C14H19F4NS/c1-10(2)20-8-7-19-13(9-14(16,17)18)11-3-5-12(15)6-4-11/h3-6,10,13,19H,7-9H2,1-2H3. The van der Waals surface area contributed by atoms with E-state index in [9.17, 15) is 17.6 Å². The molecular weight excluding hydrogens is 290 g/mol. The molecule has 0 saturated heterocycles. The smallest absolute Gasteiger partial charge is 0.309 e. The van der Waals surface area contributed by atoms with Crippen molar-refractivity contribution < 1.29 is 17.6 Å². The van der Waals surface area contributed by atoms with Crippen LogP contribution in [0.3, 0.4) is 0 Å². The SMILES string of the molecule is CC(C)SCCNC(CC(F)(F)F)c1ccc(F)cc1. The van der Waals surface area contributed by atoms with E-state index in [0.29, 0.717) is 17.4 Å². The highest BCUT2D eigenvalue weighted by atomic mass is 32.2. The van der Waals surface area contributed by atoms with Crippen molar-refractivity contribution in [2.45, 2.75) is 37.7 Å². The van der Waals surface area contributed by atoms with Crippen LogP contribution < -0.4 is 5.32 Å². The summed E-state index contributed by atoms with van der Waals surface area (Å²) in [6, 6.07) is 4.33. The van der Waals surface area contributed by atoms with Crippen molar-refractivity contribution in [1.82, 2.24) is 5.32 Å². The van der Waals surface area contributed by atoms with Gasteiger partial charge in [-0.1, -0.05) is 26.0 Å². The van der Waals surface area contributed by atoms with Crippen LogP contribution in [0.4, 0.5) is 17.6 Å². The van der Waals surface area contributed by atoms with Crippen molar-refractivity contribution in [1.29, 1.82) is 0 Å². The summed E-state index contributed by atoms with van der Waals surface area (Å²) in [5.74, 6) is 0.294. The molecule has 20 heavy (non-hydrogen) atoms. The van der Waals surface area contributed by atoms with Gasteiger partial charge in [-0.15, -0.1) is 0 Å². The Labute approximate surface area is 121 Å². The Balaban J connectivity index is 2.63. The number of halogens is 4. The second-order valence-corrected chi connectivity index (χ2v) is 6.48. The molecular formula is C14H19F4NS. The Hall–Kier alpha value is -0.750. The summed E-state index contributed by atoms with van der Waals surface area (Å²) in [7, 11) is 0. The molecule has 1 aromatic rings. The van der Waals surface area contributed by atoms with Gasteiger partial charge in [0.15, 0.2) is 0 Å². The molecule has 0 amide bonds. The number of benzene rings is 1. The molecule has 0 bridgehead atoms. The molecule has 0 aromatic heterocycles. The van der Waals surface area contributed by atoms with Crippen LogP contribution in [0.5, 0.6) is 0 Å². The minimum absolute atomic E-state index is 0.448. The highest BCUT2D eigenvalue weighted by Crippen LogP contribution is 2.29. The van der Waals surface area contributed by atoms with Crippen molar-refractivity contribution in [2.75, 3.05) is 12.3 Å². The lowest BCUT2D eigenvalue weighted by molar-refractivity contribution is -0.140. The van der Waals surface area contributed by atoms with Gasteiger partial charge in [-0.05, 0) is 22.9 Å². The van der Waals surface area contributed by atoms with Crippen LogP contribution in [0, 0.1) is 5.82 Å². The van der Waals surface area contributed by atoms with Crippen LogP contribution >= 0.6 is 11.8 Å². The third-order valence-corrected chi connectivity index (χ3v) is 3.76. The number of hydrogen-bond donors (Lipinski definition) is 1. The quantitative estimate of drug-likeness (QED) is 0.586. The minimum atomic E-state index is -4.25. The zero-order valence-corrected chi connectivity index (χ0v) is 12.3. The van der Waals surface area contributed by atoms with Crippen LogP contribution in [0.15, 0.2) is 24.3 Å². The highest BCUT2D eigenvalue weighted by molar-refractivity contribution is 7.99. The van der Waals surface area contributed by atoms with E-state index in [-0.39, 0.29) is 0 Å². The number of alkyl halides is 3. The van der Waals surface area contributed by atoms with Crippen LogP contribution in [0.2, 0.25) is 0 Å². The molecule has 0 fully saturated rings. The molecule has 1 atom stereocenters. The molecule has 1 N–H and O–H groups in total. The first-order valence-electron chi connectivity index (χ1n) is 6.45. The molecule has 0 aliphatic heterocycles. The maximum Gasteiger partial charge on any atom is 0.390 e. The molecule has 0 spiro atoms. The maximum absolute atomic E-state index is 12.8. The predicted octanol–water partition coefficient (Wildman–Crippen LogP) is 4.55. The number of thioether (sulfide) groups is 1. The molecule has 114 valence electrons. The van der Waals surface area contributed by atoms with Gasteiger partial charge in [0.1, 0.15) is 5.82 Å². The van der Waals surface area contributed by atoms with Crippen molar-refractivity contribution in [3.63, 3.8) is 0 Å². The van der Waals surface area contributed by atoms with E-state index in [1.807, 2.05) is 13.8 Å². The van der Waals surface area contributed by atoms with Gasteiger partial charge in [-0.25, -0.2) is 4.39 Å². The topological polar surface area (TPSA) is 12.0 Å². The summed E-state index contributed by atoms with van der Waals surface area (Å²) in [6.45, 7) is 4.57. The summed E-state index contributed by atoms with van der Waals surface area (Å²) in [4.78, 5) is 0. The van der Waals surface area contributed by atoms with Crippen molar-refractivity contribution >= 4 is 11.8 Å². The van der Waals surface area contributed by atoms with E-state index in [0.717, 1.165) is 5.75 Å². The van der Waals surface area contributed by atoms with Crippen LogP contribution in [-0.4, -0.2) is 23.7 Å². The fourth-order valence-corrected chi connectivity index (χ4v) is 2.47. The zero-order chi connectivity index (χ0) is 15.2. The monoisotopic (exact) mass is 309 g/mol. The molecule has 1 aromatic carbocycles. The van der Waals surface area contributed by atoms with Crippen molar-refractivity contribution in [3.05, 3.63) is 35.6 Å². The average molecular weight is 309 g/mol. The third-order valence-electron chi connectivity index (χ3n) is 2.65. The predicted molar refractivity (Wildman–Crippen MR) is 75.4 cm³/mol. The molecule has 0 radical (unpaired) electrons. The normalized spacial score (nSPS) is 13.8. The van der Waals surface area contributed by atoms with Crippen LogP contribution in [0.1, 0.15) is 31.9 Å². The van der Waals surface area contributed by atoms with Gasteiger partial charge in [-0.3, -0.25) is 0 Å². The lowest BCUT2D eigenvalue weighted by Crippen LogP contribution is -2.28. The molecule has 0 heterocycles. The van der Waals surface area contributed by atoms with Gasteiger partial charge < -0.3 is 5.32 Å². The second-order valence-electron chi connectivity index (χ2n) is 4.80. The average Bonchev–Trinajstić information content (AvgIpc) is 2.32. The van der Waals surface area contributed by atoms with Gasteiger partial charge in [0.05, 0.1) is 6.42 Å². The molecule has 1 unspecified atom stereocenters. The fraction of sp³-hybridized carbons (Fsp3) is 0.571. The molecule has 1 nitrogen and oxygen atoms in total. The molecule has 0 aliphatic rings. The maximum atomic E-state index is 12.8. The van der Waals surface area contributed by atoms with Gasteiger partial charge in [0, 0.05) is 18.3 Å². The zero-order valence-electron chi connectivity index (χ0n) is 11.5. The Morgan fingerprint density at radius 1 is 1.15 bits per heavy atom. The van der Waals surface area contributed by atoms with Crippen LogP contribution in [-0.2, 0) is 0 Å². The van der Waals surface area contributed by atoms with E-state index in [4.69, 9.17) is 0 Å². The first-order valence-corrected chi connectivity index (χ1v) is 7.50. The van der Waals surface area contributed by atoms with Gasteiger partial charge in [-0.2, -0.15) is 24.9 Å². The molecule has 1 rings (SSSR count). The molecule has 0 aliphatic carbocycles. The lowest BCUT2D eigenvalue weighted by atomic mass is 10.0. The van der Waals surface area contributed by atoms with E-state index in [1.54, 1.807) is 11.8 Å². The number of nitrogens with one attached hydrogen (secondary N) is 1. The summed E-state index contributed by atoms with van der Waals surface area (Å²) in [5.41, 5.74) is 0.457. The van der Waals surface area contributed by atoms with E-state index >= 15 is 0 Å². The largest absolute Gasteiger partial charge is 0.390 e. The van der Waals surface area contributed by atoms with E-state index in [2.05, 4.69) is 5.32 Å². The van der Waals surface area contributed by atoms with Crippen molar-refractivity contribution in [2.24, 2.45) is 0 Å². The van der Waals surface area contributed by atoms with E-state index < -0.39 is 24.5 Å². The first kappa shape index (κ1) is 17.3. The van der Waals surface area contributed by atoms with Crippen molar-refractivity contribution in [3.8, 4) is 0 Å². The third kappa shape index (κ3) is 7.14. The summed E-state index contributed by atoms with van der Waals surface area (Å²) >= 11 is 1.69. The minimum Gasteiger partial charge on any atom is -0.309 e. The Morgan fingerprint density at radius 3 is 2.25 bits per heavy atom. The number of rotatable bonds is 7. The Bertz CT molecular complexity index is 389. The summed E-state index contributed by atoms with van der Waals surface area (Å²) in [5, 5.41) is 3.35. The summed E-state index contributed by atoms with van der Waals surface area (Å²) in [6.07, 6.45) is -5.21. The highest BCUT2D eigenvalue weighted by Gasteiger charge is 2.32. The Kier molecular flexibility index (Phi) is 6.82. The summed E-state index contributed by atoms with van der Waals surface area (Å²) < 4.78 is 50.6. The fourth-order valence-electron chi connectivity index (χ4n) is 1.76. The Morgan fingerprint density at radius 2 is 1.75 bits per heavy atom. The molecule has 6 heteroatoms. The van der Waals surface area contributed by atoms with Gasteiger partial charge >= 0.3 is 6.18 Å². The van der Waals surface area contributed by atoms with E-state index in [1.165, 1.54) is 24.3 Å². The van der Waals surface area contributed by atoms with Gasteiger partial charge in [0.25, 0.3) is 0 Å². The van der Waals surface area contributed by atoms with Gasteiger partial charge in [0.2, 0.25) is 0 Å². The number of hydrogen-bond acceptors (Lipinski definition) is 2. The first-order chi connectivity index (χ1) is 9.28. The molecule has 0 saturated carbocycles.